The molecule has 1 heterocycles. The van der Waals surface area contributed by atoms with Crippen LogP contribution in [0.2, 0.25) is 0 Å². The highest BCUT2D eigenvalue weighted by Crippen LogP contribution is 2.45. The first kappa shape index (κ1) is 9.00. The zero-order valence-corrected chi connectivity index (χ0v) is 8.06. The van der Waals surface area contributed by atoms with E-state index in [4.69, 9.17) is 4.74 Å². The monoisotopic (exact) mass is 184 g/mol. The fourth-order valence-electron chi connectivity index (χ4n) is 2.75. The summed E-state index contributed by atoms with van der Waals surface area (Å²) in [5.41, 5.74) is 0. The van der Waals surface area contributed by atoms with Gasteiger partial charge in [-0.25, -0.2) is 0 Å². The predicted molar refractivity (Wildman–Crippen MR) is 46.6 cm³/mol. The fourth-order valence-corrected chi connectivity index (χ4v) is 2.75. The van der Waals surface area contributed by atoms with Gasteiger partial charge in [0.15, 0.2) is 0 Å². The summed E-state index contributed by atoms with van der Waals surface area (Å²) in [7, 11) is 0. The molecule has 0 spiro atoms. The Balaban J connectivity index is 2.21. The first-order chi connectivity index (χ1) is 6.11. The van der Waals surface area contributed by atoms with Crippen LogP contribution >= 0.6 is 0 Å². The highest BCUT2D eigenvalue weighted by molar-refractivity contribution is 5.74. The lowest BCUT2D eigenvalue weighted by Gasteiger charge is -2.35. The number of fused-ring (bicyclic) bond motifs is 1. The van der Waals surface area contributed by atoms with E-state index in [-0.39, 0.29) is 17.8 Å². The first-order valence-electron chi connectivity index (χ1n) is 5.00. The third kappa shape index (κ3) is 1.26. The normalized spacial score (nSPS) is 50.1. The van der Waals surface area contributed by atoms with Gasteiger partial charge in [-0.15, -0.1) is 0 Å². The second-order valence-corrected chi connectivity index (χ2v) is 4.43. The Bertz CT molecular complexity index is 226. The van der Waals surface area contributed by atoms with Crippen molar-refractivity contribution in [1.29, 1.82) is 0 Å². The molecule has 0 aromatic heterocycles. The van der Waals surface area contributed by atoms with Crippen LogP contribution < -0.4 is 0 Å². The van der Waals surface area contributed by atoms with Gasteiger partial charge in [-0.05, 0) is 24.7 Å². The SMILES string of the molecule is C[C@H]1CC[C@H]2[C@@H]1C(=O)OC(O)[C@@H]2C. The molecule has 74 valence electrons. The van der Waals surface area contributed by atoms with Crippen LogP contribution in [0.25, 0.3) is 0 Å². The van der Waals surface area contributed by atoms with Crippen molar-refractivity contribution in [2.45, 2.75) is 33.0 Å². The van der Waals surface area contributed by atoms with Gasteiger partial charge in [-0.1, -0.05) is 13.8 Å². The summed E-state index contributed by atoms with van der Waals surface area (Å²) < 4.78 is 4.90. The van der Waals surface area contributed by atoms with E-state index in [0.717, 1.165) is 12.8 Å². The predicted octanol–water partition coefficient (Wildman–Crippen LogP) is 1.16. The third-order valence-electron chi connectivity index (χ3n) is 3.66. The van der Waals surface area contributed by atoms with Crippen LogP contribution in [0.15, 0.2) is 0 Å². The third-order valence-corrected chi connectivity index (χ3v) is 3.66. The second kappa shape index (κ2) is 2.98. The lowest BCUT2D eigenvalue weighted by atomic mass is 9.80. The molecule has 0 bridgehead atoms. The van der Waals surface area contributed by atoms with Crippen molar-refractivity contribution in [1.82, 2.24) is 0 Å². The summed E-state index contributed by atoms with van der Waals surface area (Å²) >= 11 is 0. The molecule has 0 aromatic carbocycles. The van der Waals surface area contributed by atoms with Crippen molar-refractivity contribution >= 4 is 5.97 Å². The molecule has 0 amide bonds. The number of hydrogen-bond acceptors (Lipinski definition) is 3. The van der Waals surface area contributed by atoms with E-state index in [1.165, 1.54) is 0 Å². The van der Waals surface area contributed by atoms with Crippen molar-refractivity contribution in [3.63, 3.8) is 0 Å². The number of hydrogen-bond donors (Lipinski definition) is 1. The number of rotatable bonds is 0. The van der Waals surface area contributed by atoms with Crippen molar-refractivity contribution in [2.24, 2.45) is 23.7 Å². The maximum Gasteiger partial charge on any atom is 0.311 e. The Labute approximate surface area is 78.1 Å². The van der Waals surface area contributed by atoms with Gasteiger partial charge in [0.2, 0.25) is 6.29 Å². The molecule has 1 N–H and O–H groups in total. The molecule has 0 radical (unpaired) electrons. The van der Waals surface area contributed by atoms with Crippen LogP contribution in [0.4, 0.5) is 0 Å². The molecular weight excluding hydrogens is 168 g/mol. The van der Waals surface area contributed by atoms with E-state index in [9.17, 15) is 9.90 Å². The van der Waals surface area contributed by atoms with E-state index >= 15 is 0 Å². The van der Waals surface area contributed by atoms with Crippen LogP contribution in [0, 0.1) is 23.7 Å². The lowest BCUT2D eigenvalue weighted by molar-refractivity contribution is -0.204. The quantitative estimate of drug-likeness (QED) is 0.575. The average molecular weight is 184 g/mol. The van der Waals surface area contributed by atoms with Gasteiger partial charge in [0.05, 0.1) is 5.92 Å². The summed E-state index contributed by atoms with van der Waals surface area (Å²) in [5, 5.41) is 9.44. The van der Waals surface area contributed by atoms with E-state index in [0.29, 0.717) is 11.8 Å². The van der Waals surface area contributed by atoms with Crippen molar-refractivity contribution in [3.8, 4) is 0 Å². The van der Waals surface area contributed by atoms with Crippen molar-refractivity contribution in [2.75, 3.05) is 0 Å². The van der Waals surface area contributed by atoms with Gasteiger partial charge in [0, 0.05) is 5.92 Å². The van der Waals surface area contributed by atoms with Crippen LogP contribution in [0.3, 0.4) is 0 Å². The van der Waals surface area contributed by atoms with Gasteiger partial charge in [-0.2, -0.15) is 0 Å². The number of aliphatic hydroxyl groups is 1. The van der Waals surface area contributed by atoms with Crippen LogP contribution in [-0.4, -0.2) is 17.4 Å². The number of cyclic esters (lactones) is 1. The summed E-state index contributed by atoms with van der Waals surface area (Å²) in [6, 6.07) is 0. The molecule has 1 aliphatic heterocycles. The zero-order valence-electron chi connectivity index (χ0n) is 8.06. The first-order valence-corrected chi connectivity index (χ1v) is 5.00. The number of carbonyl (C=O) groups excluding carboxylic acids is 1. The molecule has 3 nitrogen and oxygen atoms in total. The molecule has 1 aliphatic carbocycles. The van der Waals surface area contributed by atoms with E-state index < -0.39 is 6.29 Å². The topological polar surface area (TPSA) is 46.5 Å². The van der Waals surface area contributed by atoms with Gasteiger partial charge in [-0.3, -0.25) is 4.79 Å². The molecule has 5 atom stereocenters. The van der Waals surface area contributed by atoms with E-state index in [2.05, 4.69) is 6.92 Å². The van der Waals surface area contributed by atoms with Crippen LogP contribution in [0.5, 0.6) is 0 Å². The standard InChI is InChI=1S/C10H16O3/c1-5-3-4-7-6(2)9(11)13-10(12)8(5)7/h5-9,11H,3-4H2,1-2H3/t5-,6+,7+,8+,9?/m0/s1. The Morgan fingerprint density at radius 3 is 2.77 bits per heavy atom. The van der Waals surface area contributed by atoms with Gasteiger partial charge in [0.1, 0.15) is 0 Å². The maximum atomic E-state index is 11.5. The average Bonchev–Trinajstić information content (AvgIpc) is 2.44. The van der Waals surface area contributed by atoms with Gasteiger partial charge < -0.3 is 9.84 Å². The minimum atomic E-state index is -0.876. The van der Waals surface area contributed by atoms with E-state index in [1.807, 2.05) is 6.92 Å². The number of esters is 1. The largest absolute Gasteiger partial charge is 0.435 e. The molecule has 0 aromatic rings. The maximum absolute atomic E-state index is 11.5. The van der Waals surface area contributed by atoms with Crippen molar-refractivity contribution in [3.05, 3.63) is 0 Å². The van der Waals surface area contributed by atoms with Crippen LogP contribution in [-0.2, 0) is 9.53 Å². The molecule has 3 heteroatoms. The molecule has 2 rings (SSSR count). The Morgan fingerprint density at radius 2 is 2.08 bits per heavy atom. The summed E-state index contributed by atoms with van der Waals surface area (Å²) in [6.45, 7) is 4.06. The van der Waals surface area contributed by atoms with Crippen molar-refractivity contribution < 1.29 is 14.6 Å². The smallest absolute Gasteiger partial charge is 0.311 e. The molecule has 2 aliphatic rings. The second-order valence-electron chi connectivity index (χ2n) is 4.43. The summed E-state index contributed by atoms with van der Waals surface area (Å²) in [5.74, 6) is 0.713. The van der Waals surface area contributed by atoms with Gasteiger partial charge >= 0.3 is 5.97 Å². The highest BCUT2D eigenvalue weighted by Gasteiger charge is 2.48. The zero-order chi connectivity index (χ0) is 9.59. The minimum Gasteiger partial charge on any atom is -0.435 e. The highest BCUT2D eigenvalue weighted by atomic mass is 16.6. The summed E-state index contributed by atoms with van der Waals surface area (Å²) in [4.78, 5) is 11.5. The molecule has 1 saturated heterocycles. The number of aliphatic hydroxyl groups excluding tert-OH is 1. The lowest BCUT2D eigenvalue weighted by Crippen LogP contribution is -2.43. The minimum absolute atomic E-state index is 0.0402. The van der Waals surface area contributed by atoms with Crippen LogP contribution in [0.1, 0.15) is 26.7 Å². The molecule has 13 heavy (non-hydrogen) atoms. The molecule has 1 saturated carbocycles. The fraction of sp³-hybridized carbons (Fsp3) is 0.900. The molecule has 2 fully saturated rings. The molecular formula is C10H16O3. The Morgan fingerprint density at radius 1 is 1.38 bits per heavy atom. The van der Waals surface area contributed by atoms with Gasteiger partial charge in [0.25, 0.3) is 0 Å². The number of carbonyl (C=O) groups is 1. The Hall–Kier alpha value is -0.570. The summed E-state index contributed by atoms with van der Waals surface area (Å²) in [6.07, 6.45) is 1.26. The Kier molecular flexibility index (Phi) is 2.06. The number of ether oxygens (including phenoxy) is 1. The molecule has 1 unspecified atom stereocenters. The van der Waals surface area contributed by atoms with E-state index in [1.54, 1.807) is 0 Å².